The minimum absolute atomic E-state index is 0.701. The molecule has 0 aromatic carbocycles. The van der Waals surface area contributed by atoms with E-state index in [9.17, 15) is 0 Å². The van der Waals surface area contributed by atoms with Gasteiger partial charge in [-0.05, 0) is 22.9 Å². The summed E-state index contributed by atoms with van der Waals surface area (Å²) in [6.45, 7) is 2.65. The number of rotatable bonds is 0. The van der Waals surface area contributed by atoms with Crippen LogP contribution in [0.5, 0.6) is 0 Å². The molecule has 0 aromatic heterocycles. The molecule has 0 aromatic rings. The minimum Gasteiger partial charge on any atom is -0.359 e. The fraction of sp³-hybridized carbons (Fsp3) is 0.500. The lowest BCUT2D eigenvalue weighted by atomic mass is 10.6. The molecular formula is C4H8BrN3. The van der Waals surface area contributed by atoms with Gasteiger partial charge in [0.2, 0.25) is 0 Å². The molecule has 3 nitrogen and oxygen atoms in total. The minimum atomic E-state index is 0.701. The first-order valence-electron chi connectivity index (χ1n) is 2.34. The average Bonchev–Trinajstić information content (AvgIpc) is 1.98. The van der Waals surface area contributed by atoms with Gasteiger partial charge < -0.3 is 5.32 Å². The molecule has 0 saturated heterocycles. The van der Waals surface area contributed by atoms with E-state index < -0.39 is 0 Å². The maximum Gasteiger partial charge on any atom is 0.103 e. The number of halogens is 1. The molecule has 1 aliphatic rings. The molecule has 0 unspecified atom stereocenters. The molecule has 0 atom stereocenters. The molecule has 1 aliphatic heterocycles. The van der Waals surface area contributed by atoms with Gasteiger partial charge >= 0.3 is 0 Å². The fourth-order valence-corrected chi connectivity index (χ4v) is 0.880. The second-order valence-corrected chi connectivity index (χ2v) is 2.50. The van der Waals surface area contributed by atoms with E-state index in [1.807, 2.05) is 6.92 Å². The maximum absolute atomic E-state index is 5.45. The van der Waals surface area contributed by atoms with Gasteiger partial charge in [-0.15, -0.1) is 0 Å². The van der Waals surface area contributed by atoms with Gasteiger partial charge in [-0.3, -0.25) is 5.01 Å². The van der Waals surface area contributed by atoms with Crippen LogP contribution in [0.15, 0.2) is 10.3 Å². The summed E-state index contributed by atoms with van der Waals surface area (Å²) in [5.74, 6) is 5.45. The molecule has 0 saturated carbocycles. The predicted octanol–water partition coefficient (Wildman–Crippen LogP) is 0.307. The molecule has 0 spiro atoms. The normalized spacial score (nSPS) is 19.6. The lowest BCUT2D eigenvalue weighted by molar-refractivity contribution is 0.381. The maximum atomic E-state index is 5.45. The zero-order valence-corrected chi connectivity index (χ0v) is 6.20. The number of hydrazine groups is 1. The summed E-state index contributed by atoms with van der Waals surface area (Å²) in [4.78, 5) is 0. The van der Waals surface area contributed by atoms with Crippen molar-refractivity contribution in [3.63, 3.8) is 0 Å². The van der Waals surface area contributed by atoms with Crippen LogP contribution < -0.4 is 11.2 Å². The summed E-state index contributed by atoms with van der Waals surface area (Å²) in [5.41, 5.74) is 1.05. The van der Waals surface area contributed by atoms with Gasteiger partial charge in [0.05, 0.1) is 5.70 Å². The Bertz CT molecular complexity index is 131. The summed E-state index contributed by atoms with van der Waals surface area (Å²) in [7, 11) is 0. The van der Waals surface area contributed by atoms with E-state index in [0.29, 0.717) is 6.67 Å². The first kappa shape index (κ1) is 5.91. The van der Waals surface area contributed by atoms with Gasteiger partial charge in [-0.25, -0.2) is 5.84 Å². The Labute approximate surface area is 56.6 Å². The Morgan fingerprint density at radius 3 is 2.62 bits per heavy atom. The van der Waals surface area contributed by atoms with Crippen LogP contribution in [0.25, 0.3) is 0 Å². The lowest BCUT2D eigenvalue weighted by Crippen LogP contribution is -2.29. The van der Waals surface area contributed by atoms with Crippen LogP contribution in [0.1, 0.15) is 6.92 Å². The Kier molecular flexibility index (Phi) is 1.44. The molecule has 8 heavy (non-hydrogen) atoms. The van der Waals surface area contributed by atoms with E-state index in [2.05, 4.69) is 21.2 Å². The van der Waals surface area contributed by atoms with Crippen molar-refractivity contribution in [1.82, 2.24) is 10.3 Å². The molecule has 0 aliphatic carbocycles. The molecule has 0 radical (unpaired) electrons. The van der Waals surface area contributed by atoms with E-state index in [1.54, 1.807) is 5.01 Å². The number of nitrogens with zero attached hydrogens (tertiary/aromatic N) is 1. The summed E-state index contributed by atoms with van der Waals surface area (Å²) in [5, 5.41) is 4.66. The number of nitrogens with two attached hydrogens (primary N) is 1. The highest BCUT2D eigenvalue weighted by Crippen LogP contribution is 2.14. The number of nitrogens with one attached hydrogen (secondary N) is 1. The van der Waals surface area contributed by atoms with E-state index >= 15 is 0 Å². The van der Waals surface area contributed by atoms with Crippen LogP contribution >= 0.6 is 15.9 Å². The first-order valence-corrected chi connectivity index (χ1v) is 3.13. The van der Waals surface area contributed by atoms with Gasteiger partial charge in [0, 0.05) is 0 Å². The highest BCUT2D eigenvalue weighted by atomic mass is 79.9. The molecule has 0 fully saturated rings. The van der Waals surface area contributed by atoms with Gasteiger partial charge in [-0.1, -0.05) is 0 Å². The third-order valence-corrected chi connectivity index (χ3v) is 2.01. The van der Waals surface area contributed by atoms with Gasteiger partial charge in [0.25, 0.3) is 0 Å². The zero-order valence-electron chi connectivity index (χ0n) is 4.61. The Morgan fingerprint density at radius 2 is 2.50 bits per heavy atom. The lowest BCUT2D eigenvalue weighted by Gasteiger charge is -2.08. The van der Waals surface area contributed by atoms with Crippen LogP contribution in [0.2, 0.25) is 0 Å². The van der Waals surface area contributed by atoms with Crippen LogP contribution in [0.4, 0.5) is 0 Å². The van der Waals surface area contributed by atoms with E-state index in [-0.39, 0.29) is 0 Å². The van der Waals surface area contributed by atoms with Crippen molar-refractivity contribution >= 4 is 15.9 Å². The van der Waals surface area contributed by atoms with Gasteiger partial charge in [-0.2, -0.15) is 0 Å². The Morgan fingerprint density at radius 1 is 1.88 bits per heavy atom. The van der Waals surface area contributed by atoms with Crippen molar-refractivity contribution in [3.05, 3.63) is 10.3 Å². The largest absolute Gasteiger partial charge is 0.359 e. The summed E-state index contributed by atoms with van der Waals surface area (Å²) < 4.78 is 0.986. The monoisotopic (exact) mass is 177 g/mol. The second kappa shape index (κ2) is 1.95. The first-order chi connectivity index (χ1) is 3.72. The molecule has 3 N–H and O–H groups in total. The fourth-order valence-electron chi connectivity index (χ4n) is 0.527. The van der Waals surface area contributed by atoms with Crippen LogP contribution in [0, 0.1) is 0 Å². The average molecular weight is 178 g/mol. The molecular weight excluding hydrogens is 170 g/mol. The van der Waals surface area contributed by atoms with Crippen molar-refractivity contribution < 1.29 is 0 Å². The van der Waals surface area contributed by atoms with E-state index in [4.69, 9.17) is 5.84 Å². The van der Waals surface area contributed by atoms with E-state index in [1.165, 1.54) is 0 Å². The highest BCUT2D eigenvalue weighted by molar-refractivity contribution is 9.11. The number of hydrogen-bond acceptors (Lipinski definition) is 3. The topological polar surface area (TPSA) is 41.3 Å². The molecule has 46 valence electrons. The second-order valence-electron chi connectivity index (χ2n) is 1.70. The van der Waals surface area contributed by atoms with Crippen molar-refractivity contribution in [3.8, 4) is 0 Å². The quantitative estimate of drug-likeness (QED) is 0.414. The van der Waals surface area contributed by atoms with Crippen LogP contribution in [0.3, 0.4) is 0 Å². The summed E-state index contributed by atoms with van der Waals surface area (Å²) in [6, 6.07) is 0. The van der Waals surface area contributed by atoms with E-state index in [0.717, 1.165) is 10.3 Å². The Hall–Kier alpha value is -0.220. The Balaban J connectivity index is 2.71. The third kappa shape index (κ3) is 0.809. The van der Waals surface area contributed by atoms with Crippen LogP contribution in [-0.2, 0) is 0 Å². The summed E-state index contributed by atoms with van der Waals surface area (Å²) in [6.07, 6.45) is 0. The SMILES string of the molecule is CC1=C(Br)NCN1N. The number of allylic oxidation sites excluding steroid dienone is 1. The van der Waals surface area contributed by atoms with Crippen molar-refractivity contribution in [2.45, 2.75) is 6.92 Å². The summed E-state index contributed by atoms with van der Waals surface area (Å²) >= 11 is 3.29. The van der Waals surface area contributed by atoms with Gasteiger partial charge in [0.15, 0.2) is 0 Å². The highest BCUT2D eigenvalue weighted by Gasteiger charge is 2.11. The molecule has 1 rings (SSSR count). The standard InChI is InChI=1S/C4H8BrN3/c1-3-4(5)7-2-8(3)6/h7H,2,6H2,1H3. The van der Waals surface area contributed by atoms with Crippen LogP contribution in [-0.4, -0.2) is 11.7 Å². The molecule has 4 heteroatoms. The molecule has 0 amide bonds. The van der Waals surface area contributed by atoms with Crippen molar-refractivity contribution in [2.75, 3.05) is 6.67 Å². The van der Waals surface area contributed by atoms with Gasteiger partial charge in [0.1, 0.15) is 11.3 Å². The smallest absolute Gasteiger partial charge is 0.103 e. The molecule has 1 heterocycles. The third-order valence-electron chi connectivity index (χ3n) is 1.15. The predicted molar refractivity (Wildman–Crippen MR) is 35.7 cm³/mol. The number of hydrogen-bond donors (Lipinski definition) is 2. The van der Waals surface area contributed by atoms with Crippen molar-refractivity contribution in [1.29, 1.82) is 0 Å². The zero-order chi connectivity index (χ0) is 6.15. The molecule has 0 bridgehead atoms. The van der Waals surface area contributed by atoms with Crippen molar-refractivity contribution in [2.24, 2.45) is 5.84 Å².